The number of hydrogen-bond donors (Lipinski definition) is 0. The highest BCUT2D eigenvalue weighted by atomic mass is 16.5. The van der Waals surface area contributed by atoms with Crippen LogP contribution in [0.5, 0.6) is 5.75 Å². The molecule has 1 aromatic carbocycles. The van der Waals surface area contributed by atoms with E-state index >= 15 is 0 Å². The molecule has 84 valence electrons. The molecule has 0 aromatic heterocycles. The van der Waals surface area contributed by atoms with Crippen LogP contribution in [0.4, 0.5) is 0 Å². The van der Waals surface area contributed by atoms with E-state index in [9.17, 15) is 0 Å². The van der Waals surface area contributed by atoms with Gasteiger partial charge in [0.25, 0.3) is 0 Å². The Hall–Kier alpha value is -1.53. The van der Waals surface area contributed by atoms with Crippen LogP contribution in [-0.2, 0) is 6.42 Å². The maximum absolute atomic E-state index is 8.82. The van der Waals surface area contributed by atoms with Crippen molar-refractivity contribution < 1.29 is 4.74 Å². The average Bonchev–Trinajstić information content (AvgIpc) is 2.69. The lowest BCUT2D eigenvalue weighted by atomic mass is 10.1. The van der Waals surface area contributed by atoms with Gasteiger partial charge < -0.3 is 4.74 Å². The summed E-state index contributed by atoms with van der Waals surface area (Å²) in [6.45, 7) is 2.70. The predicted octanol–water partition coefficient (Wildman–Crippen LogP) is 1.83. The van der Waals surface area contributed by atoms with Crippen molar-refractivity contribution in [2.45, 2.75) is 25.5 Å². The lowest BCUT2D eigenvalue weighted by Gasteiger charge is -2.22. The molecule has 0 spiro atoms. The largest absolute Gasteiger partial charge is 0.488 e. The van der Waals surface area contributed by atoms with Gasteiger partial charge in [-0.15, -0.1) is 0 Å². The van der Waals surface area contributed by atoms with Crippen molar-refractivity contribution in [2.24, 2.45) is 0 Å². The minimum Gasteiger partial charge on any atom is -0.488 e. The van der Waals surface area contributed by atoms with Crippen LogP contribution in [0.2, 0.25) is 0 Å². The zero-order chi connectivity index (χ0) is 11.5. The number of nitrogens with zero attached hydrogens (tertiary/aromatic N) is 2. The fourth-order valence-electron chi connectivity index (χ4n) is 1.93. The van der Waals surface area contributed by atoms with Gasteiger partial charge in [-0.05, 0) is 25.6 Å². The van der Waals surface area contributed by atoms with Crippen LogP contribution >= 0.6 is 0 Å². The van der Waals surface area contributed by atoms with E-state index in [1.807, 2.05) is 37.1 Å². The summed E-state index contributed by atoms with van der Waals surface area (Å²) in [7, 11) is 1.96. The third-order valence-corrected chi connectivity index (χ3v) is 3.05. The zero-order valence-electron chi connectivity index (χ0n) is 9.68. The SMILES string of the molecule is CC(C#N)N(C)CC1Cc2ccccc2O1. The Balaban J connectivity index is 1.95. The number of likely N-dealkylation sites (N-methyl/N-ethyl adjacent to an activating group) is 1. The lowest BCUT2D eigenvalue weighted by Crippen LogP contribution is -2.37. The summed E-state index contributed by atoms with van der Waals surface area (Å²) in [6, 6.07) is 10.3. The van der Waals surface area contributed by atoms with Crippen molar-refractivity contribution in [3.8, 4) is 11.8 Å². The molecule has 16 heavy (non-hydrogen) atoms. The minimum atomic E-state index is -0.0627. The van der Waals surface area contributed by atoms with E-state index in [2.05, 4.69) is 12.1 Å². The van der Waals surface area contributed by atoms with Crippen LogP contribution in [0.3, 0.4) is 0 Å². The van der Waals surface area contributed by atoms with Gasteiger partial charge in [-0.1, -0.05) is 18.2 Å². The van der Waals surface area contributed by atoms with Crippen molar-refractivity contribution in [1.82, 2.24) is 4.90 Å². The first-order valence-electron chi connectivity index (χ1n) is 5.55. The first-order valence-corrected chi connectivity index (χ1v) is 5.55. The smallest absolute Gasteiger partial charge is 0.123 e. The summed E-state index contributed by atoms with van der Waals surface area (Å²) in [5.41, 5.74) is 1.27. The molecule has 0 fully saturated rings. The molecule has 3 nitrogen and oxygen atoms in total. The maximum atomic E-state index is 8.82. The normalized spacial score (nSPS) is 20.0. The molecule has 2 unspecified atom stereocenters. The number of rotatable bonds is 3. The molecule has 2 atom stereocenters. The van der Waals surface area contributed by atoms with Crippen LogP contribution in [0.25, 0.3) is 0 Å². The van der Waals surface area contributed by atoms with Crippen LogP contribution in [0.15, 0.2) is 24.3 Å². The van der Waals surface area contributed by atoms with E-state index < -0.39 is 0 Å². The highest BCUT2D eigenvalue weighted by molar-refractivity contribution is 5.37. The molecule has 0 saturated heterocycles. The van der Waals surface area contributed by atoms with E-state index in [-0.39, 0.29) is 12.1 Å². The molecule has 0 bridgehead atoms. The average molecular weight is 216 g/mol. The van der Waals surface area contributed by atoms with E-state index in [0.717, 1.165) is 18.7 Å². The summed E-state index contributed by atoms with van der Waals surface area (Å²) in [6.07, 6.45) is 1.12. The van der Waals surface area contributed by atoms with Gasteiger partial charge in [-0.3, -0.25) is 4.90 Å². The quantitative estimate of drug-likeness (QED) is 0.773. The number of hydrogen-bond acceptors (Lipinski definition) is 3. The summed E-state index contributed by atoms with van der Waals surface area (Å²) in [5, 5.41) is 8.82. The number of nitriles is 1. The van der Waals surface area contributed by atoms with Crippen LogP contribution in [0, 0.1) is 11.3 Å². The van der Waals surface area contributed by atoms with Gasteiger partial charge in [0.1, 0.15) is 11.9 Å². The van der Waals surface area contributed by atoms with Crippen molar-refractivity contribution >= 4 is 0 Å². The summed E-state index contributed by atoms with van der Waals surface area (Å²) in [5.74, 6) is 0.991. The van der Waals surface area contributed by atoms with E-state index in [0.29, 0.717) is 0 Å². The topological polar surface area (TPSA) is 36.3 Å². The monoisotopic (exact) mass is 216 g/mol. The summed E-state index contributed by atoms with van der Waals surface area (Å²) in [4.78, 5) is 2.02. The standard InChI is InChI=1S/C13H16N2O/c1-10(8-14)15(2)9-12-7-11-5-3-4-6-13(11)16-12/h3-6,10,12H,7,9H2,1-2H3. The van der Waals surface area contributed by atoms with Gasteiger partial charge >= 0.3 is 0 Å². The number of para-hydroxylation sites is 1. The highest BCUT2D eigenvalue weighted by Crippen LogP contribution is 2.28. The molecule has 1 aromatic rings. The second kappa shape index (κ2) is 4.54. The summed E-state index contributed by atoms with van der Waals surface area (Å²) >= 11 is 0. The molecule has 1 aliphatic rings. The Kier molecular flexibility index (Phi) is 3.12. The predicted molar refractivity (Wildman–Crippen MR) is 62.3 cm³/mol. The van der Waals surface area contributed by atoms with Crippen LogP contribution < -0.4 is 4.74 Å². The van der Waals surface area contributed by atoms with Gasteiger partial charge in [0.05, 0.1) is 12.1 Å². The molecule has 1 heterocycles. The second-order valence-electron chi connectivity index (χ2n) is 4.30. The minimum absolute atomic E-state index is 0.0627. The third-order valence-electron chi connectivity index (χ3n) is 3.05. The van der Waals surface area contributed by atoms with Gasteiger partial charge in [0, 0.05) is 13.0 Å². The molecule has 0 radical (unpaired) electrons. The van der Waals surface area contributed by atoms with Crippen LogP contribution in [0.1, 0.15) is 12.5 Å². The molecular formula is C13H16N2O. The zero-order valence-corrected chi connectivity index (χ0v) is 9.68. The van der Waals surface area contributed by atoms with Crippen molar-refractivity contribution in [2.75, 3.05) is 13.6 Å². The highest BCUT2D eigenvalue weighted by Gasteiger charge is 2.24. The van der Waals surface area contributed by atoms with Crippen LogP contribution in [-0.4, -0.2) is 30.6 Å². The lowest BCUT2D eigenvalue weighted by molar-refractivity contribution is 0.158. The Morgan fingerprint density at radius 3 is 3.00 bits per heavy atom. The molecule has 0 amide bonds. The van der Waals surface area contributed by atoms with Crippen molar-refractivity contribution in [3.05, 3.63) is 29.8 Å². The molecule has 0 aliphatic carbocycles. The first-order chi connectivity index (χ1) is 7.70. The van der Waals surface area contributed by atoms with Gasteiger partial charge in [-0.2, -0.15) is 5.26 Å². The molecule has 1 aliphatic heterocycles. The molecule has 2 rings (SSSR count). The van der Waals surface area contributed by atoms with Gasteiger partial charge in [0.15, 0.2) is 0 Å². The van der Waals surface area contributed by atoms with E-state index in [4.69, 9.17) is 10.00 Å². The fourth-order valence-corrected chi connectivity index (χ4v) is 1.93. The molecule has 0 N–H and O–H groups in total. The second-order valence-corrected chi connectivity index (χ2v) is 4.30. The maximum Gasteiger partial charge on any atom is 0.123 e. The Bertz CT molecular complexity index is 386. The Morgan fingerprint density at radius 1 is 1.56 bits per heavy atom. The number of fused-ring (bicyclic) bond motifs is 1. The van der Waals surface area contributed by atoms with Gasteiger partial charge in [0.2, 0.25) is 0 Å². The Labute approximate surface area is 96.2 Å². The first kappa shape index (κ1) is 11.0. The van der Waals surface area contributed by atoms with E-state index in [1.54, 1.807) is 0 Å². The number of ether oxygens (including phenoxy) is 1. The Morgan fingerprint density at radius 2 is 2.31 bits per heavy atom. The summed E-state index contributed by atoms with van der Waals surface area (Å²) < 4.78 is 5.82. The van der Waals surface area contributed by atoms with Crippen molar-refractivity contribution in [3.63, 3.8) is 0 Å². The number of benzene rings is 1. The van der Waals surface area contributed by atoms with Crippen molar-refractivity contribution in [1.29, 1.82) is 5.26 Å². The fraction of sp³-hybridized carbons (Fsp3) is 0.462. The third kappa shape index (κ3) is 2.17. The van der Waals surface area contributed by atoms with Gasteiger partial charge in [-0.25, -0.2) is 0 Å². The van der Waals surface area contributed by atoms with E-state index in [1.165, 1.54) is 5.56 Å². The molecule has 0 saturated carbocycles. The molecule has 3 heteroatoms. The molecular weight excluding hydrogens is 200 g/mol.